The van der Waals surface area contributed by atoms with E-state index in [0.717, 1.165) is 48.5 Å². The zero-order valence-electron chi connectivity index (χ0n) is 27.5. The summed E-state index contributed by atoms with van der Waals surface area (Å²) < 4.78 is 143. The van der Waals surface area contributed by atoms with Crippen LogP contribution in [0.5, 0.6) is 0 Å². The molecule has 4 aromatic carbocycles. The van der Waals surface area contributed by atoms with Crippen molar-refractivity contribution in [3.8, 4) is 45.6 Å². The first kappa shape index (κ1) is 38.3. The van der Waals surface area contributed by atoms with Crippen LogP contribution in [0.2, 0.25) is 0 Å². The van der Waals surface area contributed by atoms with Crippen LogP contribution in [0.25, 0.3) is 89.7 Å². The largest absolute Gasteiger partial charge is 2.00 e. The molecule has 0 aliphatic carbocycles. The number of hydrogen-bond acceptors (Lipinski definition) is 17. The second-order valence-electron chi connectivity index (χ2n) is 12.2. The molecule has 7 aromatic rings. The van der Waals surface area contributed by atoms with Crippen molar-refractivity contribution < 1.29 is 69.0 Å². The van der Waals surface area contributed by atoms with Gasteiger partial charge in [0.05, 0.1) is 42.9 Å². The van der Waals surface area contributed by atoms with Gasteiger partial charge in [0, 0.05) is 44.8 Å². The number of benzene rings is 4. The van der Waals surface area contributed by atoms with Crippen molar-refractivity contribution in [3.05, 3.63) is 72.8 Å². The Morgan fingerprint density at radius 3 is 1.11 bits per heavy atom. The van der Waals surface area contributed by atoms with E-state index >= 15 is 0 Å². The molecule has 2 aliphatic heterocycles. The zero-order chi connectivity index (χ0) is 39.7. The van der Waals surface area contributed by atoms with E-state index in [1.807, 2.05) is 0 Å². The number of hydrogen-bond donors (Lipinski definition) is 1. The van der Waals surface area contributed by atoms with Gasteiger partial charge in [-0.05, 0) is 70.1 Å². The van der Waals surface area contributed by atoms with Crippen LogP contribution in [-0.4, -0.2) is 81.8 Å². The second-order valence-corrected chi connectivity index (χ2v) is 17.7. The third-order valence-corrected chi connectivity index (χ3v) is 12.1. The van der Waals surface area contributed by atoms with Crippen LogP contribution in [-0.2, 0) is 57.5 Å². The van der Waals surface area contributed by atoms with Gasteiger partial charge in [-0.25, -0.2) is 35.2 Å². The fourth-order valence-corrected chi connectivity index (χ4v) is 8.20. The normalized spacial score (nSPS) is 13.0. The van der Waals surface area contributed by atoms with Crippen molar-refractivity contribution in [1.82, 2.24) is 39.9 Å². The molecule has 0 spiro atoms. The van der Waals surface area contributed by atoms with Gasteiger partial charge in [-0.15, -0.1) is 0 Å². The molecule has 25 heteroatoms. The standard InChI is InChI=1S/C32H16N8O12S4.Mn/c41-53(42,43)13-1-5-17-21(9-13)29-35-25(17)33-26-18-6-2-14(54(44,45)46)10-22(18)31(36-26)40-32-24-12-16(56(50,51)52)4-8-20(24)28(38-32)34-27-19-7-3-15(55(47,48)49)11-23(19)30(37-27)39-29;/h1-12H,(H4-2,33,34,35,36,37,38,39,40,41,42,43,44,45,46,47,48,49,50,51,52);/q-2;+2/p-3. The second kappa shape index (κ2) is 12.7. The Labute approximate surface area is 329 Å². The van der Waals surface area contributed by atoms with E-state index < -0.39 is 60.1 Å². The molecule has 0 atom stereocenters. The molecule has 3 aromatic heterocycles. The van der Waals surface area contributed by atoms with Crippen LogP contribution in [0, 0.1) is 0 Å². The monoisotopic (exact) mass is 884 g/mol. The summed E-state index contributed by atoms with van der Waals surface area (Å²) in [5.74, 6) is -0.821. The fourth-order valence-electron chi connectivity index (χ4n) is 6.21. The van der Waals surface area contributed by atoms with Gasteiger partial charge in [0.15, 0.2) is 0 Å². The average molecular weight is 885 g/mol. The van der Waals surface area contributed by atoms with Gasteiger partial charge in [-0.3, -0.25) is 4.55 Å². The average Bonchev–Trinajstić information content (AvgIpc) is 3.84. The van der Waals surface area contributed by atoms with Gasteiger partial charge in [0.25, 0.3) is 10.1 Å². The minimum Gasteiger partial charge on any atom is -0.744 e. The van der Waals surface area contributed by atoms with Crippen molar-refractivity contribution in [1.29, 1.82) is 0 Å². The van der Waals surface area contributed by atoms with E-state index in [0.29, 0.717) is 0 Å². The van der Waals surface area contributed by atoms with Crippen molar-refractivity contribution in [3.63, 3.8) is 0 Å². The van der Waals surface area contributed by atoms with Gasteiger partial charge >= 0.3 is 17.1 Å². The van der Waals surface area contributed by atoms with Crippen LogP contribution in [0.3, 0.4) is 0 Å². The molecule has 57 heavy (non-hydrogen) atoms. The summed E-state index contributed by atoms with van der Waals surface area (Å²) in [7, 11) is -19.8. The topological polar surface area (TPSA) is 332 Å². The summed E-state index contributed by atoms with van der Waals surface area (Å²) in [6, 6.07) is 13.1. The third-order valence-electron chi connectivity index (χ3n) is 8.75. The van der Waals surface area contributed by atoms with Crippen LogP contribution >= 0.6 is 0 Å². The maximum atomic E-state index is 12.2. The van der Waals surface area contributed by atoms with Crippen LogP contribution in [0.4, 0.5) is 0 Å². The predicted molar refractivity (Wildman–Crippen MR) is 188 cm³/mol. The van der Waals surface area contributed by atoms with E-state index in [1.54, 1.807) is 0 Å². The van der Waals surface area contributed by atoms with E-state index in [-0.39, 0.29) is 107 Å². The maximum Gasteiger partial charge on any atom is 2.00 e. The molecule has 5 heterocycles. The molecule has 0 saturated heterocycles. The summed E-state index contributed by atoms with van der Waals surface area (Å²) in [4.78, 5) is 33.4. The quantitative estimate of drug-likeness (QED) is 0.195. The van der Waals surface area contributed by atoms with Crippen molar-refractivity contribution in [2.24, 2.45) is 0 Å². The van der Waals surface area contributed by atoms with Gasteiger partial charge < -0.3 is 43.6 Å². The molecular weight excluding hydrogens is 872 g/mol. The molecule has 1 radical (unpaired) electrons. The van der Waals surface area contributed by atoms with Crippen LogP contribution in [0.15, 0.2) is 92.4 Å². The van der Waals surface area contributed by atoms with Crippen LogP contribution < -0.4 is 9.97 Å². The van der Waals surface area contributed by atoms with E-state index in [1.165, 1.54) is 24.3 Å². The number of nitrogens with zero attached hydrogens (tertiary/aromatic N) is 8. The molecule has 0 fully saturated rings. The Balaban J connectivity index is 0.00000455. The molecule has 2 aliphatic rings. The summed E-state index contributed by atoms with van der Waals surface area (Å²) in [6.07, 6.45) is 0. The van der Waals surface area contributed by atoms with Gasteiger partial charge in [0.1, 0.15) is 30.4 Å². The van der Waals surface area contributed by atoms with Gasteiger partial charge in [0.2, 0.25) is 0 Å². The van der Waals surface area contributed by atoms with Crippen molar-refractivity contribution in [2.45, 2.75) is 19.6 Å². The molecular formula is C32H13MnN8O12S4-3. The molecule has 20 nitrogen and oxygen atoms in total. The molecule has 0 unspecified atom stereocenters. The molecule has 0 amide bonds. The number of fused-ring (bicyclic) bond motifs is 20. The molecule has 1 N–H and O–H groups in total. The summed E-state index contributed by atoms with van der Waals surface area (Å²) >= 11 is 0. The number of aromatic nitrogens is 8. The first-order valence-corrected chi connectivity index (χ1v) is 21.0. The van der Waals surface area contributed by atoms with E-state index in [9.17, 15) is 51.9 Å². The Bertz CT molecular complexity index is 3380. The molecule has 9 rings (SSSR count). The Hall–Kier alpha value is -5.60. The smallest absolute Gasteiger partial charge is 0.744 e. The Morgan fingerprint density at radius 2 is 0.719 bits per heavy atom. The van der Waals surface area contributed by atoms with Crippen LogP contribution in [0.1, 0.15) is 0 Å². The summed E-state index contributed by atoms with van der Waals surface area (Å²) in [6.45, 7) is 0. The molecule has 0 saturated carbocycles. The van der Waals surface area contributed by atoms with Crippen molar-refractivity contribution in [2.75, 3.05) is 0 Å². The SMILES string of the molecule is O=S(=O)([O-])c1ccc2c(c1)-c1nc-2nc2[n-]c(nc3nc(nc4[n-]c(n1)c1cc(S(=O)(=O)[O-])ccc41)-c1ccc(S(=O)(=O)O)cc1-3)c1cc(S(=O)(=O)[O-])ccc21.[Mn+2]. The predicted octanol–water partition coefficient (Wildman–Crippen LogP) is 2.08. The molecule has 287 valence electrons. The summed E-state index contributed by atoms with van der Waals surface area (Å²) in [5, 5.41) is 0.210. The van der Waals surface area contributed by atoms with Crippen molar-refractivity contribution >= 4 is 84.6 Å². The van der Waals surface area contributed by atoms with E-state index in [4.69, 9.17) is 0 Å². The molecule has 8 bridgehead atoms. The number of rotatable bonds is 4. The first-order chi connectivity index (χ1) is 26.2. The maximum absolute atomic E-state index is 12.2. The van der Waals surface area contributed by atoms with E-state index in [2.05, 4.69) is 39.9 Å². The Morgan fingerprint density at radius 1 is 0.404 bits per heavy atom. The van der Waals surface area contributed by atoms with Gasteiger partial charge in [-0.2, -0.15) is 8.42 Å². The fraction of sp³-hybridized carbons (Fsp3) is 0. The third kappa shape index (κ3) is 6.54. The van der Waals surface area contributed by atoms with Gasteiger partial charge in [-0.1, -0.05) is 24.3 Å². The summed E-state index contributed by atoms with van der Waals surface area (Å²) in [5.41, 5.74) is -0.587. The Kier molecular flexibility index (Phi) is 8.53. The first-order valence-electron chi connectivity index (χ1n) is 15.4. The zero-order valence-corrected chi connectivity index (χ0v) is 31.9. The minimum absolute atomic E-state index is 0. The minimum atomic E-state index is -5.02.